The summed E-state index contributed by atoms with van der Waals surface area (Å²) in [6.45, 7) is 3.82. The molecule has 0 radical (unpaired) electrons. The lowest BCUT2D eigenvalue weighted by molar-refractivity contribution is 0.0940. The number of aromatic nitrogens is 2. The number of thiazole rings is 1. The lowest BCUT2D eigenvalue weighted by atomic mass is 10.2. The van der Waals surface area contributed by atoms with Gasteiger partial charge in [-0.2, -0.15) is 0 Å². The molecule has 2 aromatic rings. The predicted molar refractivity (Wildman–Crippen MR) is 71.4 cm³/mol. The van der Waals surface area contributed by atoms with E-state index in [1.165, 1.54) is 17.5 Å². The van der Waals surface area contributed by atoms with Gasteiger partial charge in [0.2, 0.25) is 0 Å². The minimum Gasteiger partial charge on any atom is -0.398 e. The van der Waals surface area contributed by atoms with E-state index >= 15 is 0 Å². The molecule has 0 fully saturated rings. The van der Waals surface area contributed by atoms with E-state index in [4.69, 9.17) is 5.73 Å². The van der Waals surface area contributed by atoms with Crippen molar-refractivity contribution in [2.24, 2.45) is 0 Å². The molecule has 2 rings (SSSR count). The number of hydrogen-bond acceptors (Lipinski definition) is 5. The van der Waals surface area contributed by atoms with Crippen molar-refractivity contribution in [3.63, 3.8) is 0 Å². The fraction of sp³-hybridized carbons (Fsp3) is 0.250. The quantitative estimate of drug-likeness (QED) is 0.885. The molecular formula is C12H14N4OS. The van der Waals surface area contributed by atoms with Gasteiger partial charge in [-0.3, -0.25) is 9.78 Å². The first-order valence-corrected chi connectivity index (χ1v) is 6.38. The highest BCUT2D eigenvalue weighted by atomic mass is 32.1. The molecule has 2 aromatic heterocycles. The van der Waals surface area contributed by atoms with Crippen LogP contribution in [0, 0.1) is 6.92 Å². The third-order valence-corrected chi connectivity index (χ3v) is 3.60. The number of rotatable bonds is 3. The molecule has 0 aliphatic heterocycles. The molecule has 0 aromatic carbocycles. The van der Waals surface area contributed by atoms with E-state index in [1.54, 1.807) is 12.3 Å². The molecule has 0 aliphatic carbocycles. The predicted octanol–water partition coefficient (Wildman–Crippen LogP) is 1.92. The zero-order chi connectivity index (χ0) is 13.1. The Morgan fingerprint density at radius 2 is 2.33 bits per heavy atom. The summed E-state index contributed by atoms with van der Waals surface area (Å²) in [5, 5.41) is 5.69. The van der Waals surface area contributed by atoms with Crippen LogP contribution in [0.1, 0.15) is 34.0 Å². The summed E-state index contributed by atoms with van der Waals surface area (Å²) in [5.41, 5.74) is 7.49. The molecule has 0 bridgehead atoms. The van der Waals surface area contributed by atoms with E-state index in [2.05, 4.69) is 15.3 Å². The molecule has 1 unspecified atom stereocenters. The number of pyridine rings is 1. The second-order valence-corrected chi connectivity index (χ2v) is 4.87. The Morgan fingerprint density at radius 1 is 1.56 bits per heavy atom. The highest BCUT2D eigenvalue weighted by Crippen LogP contribution is 2.18. The largest absolute Gasteiger partial charge is 0.398 e. The van der Waals surface area contributed by atoms with Gasteiger partial charge in [0.25, 0.3) is 5.91 Å². The Labute approximate surface area is 109 Å². The lowest BCUT2D eigenvalue weighted by Gasteiger charge is -2.12. The standard InChI is InChI=1S/C12H14N4OS/c1-7-6-18-12(15-7)8(2)16-11(17)9-5-14-4-3-10(9)13/h3-6,8H,1-2H3,(H2,13,14)(H,16,17). The Hall–Kier alpha value is -1.95. The van der Waals surface area contributed by atoms with Crippen molar-refractivity contribution in [2.45, 2.75) is 19.9 Å². The molecule has 0 spiro atoms. The first-order valence-electron chi connectivity index (χ1n) is 5.50. The molecule has 1 amide bonds. The fourth-order valence-corrected chi connectivity index (χ4v) is 2.31. The van der Waals surface area contributed by atoms with Crippen LogP contribution in [0.15, 0.2) is 23.8 Å². The molecule has 3 N–H and O–H groups in total. The lowest BCUT2D eigenvalue weighted by Crippen LogP contribution is -2.27. The molecule has 1 atom stereocenters. The van der Waals surface area contributed by atoms with Crippen LogP contribution >= 0.6 is 11.3 Å². The van der Waals surface area contributed by atoms with Gasteiger partial charge in [0.05, 0.1) is 11.6 Å². The zero-order valence-corrected chi connectivity index (χ0v) is 11.0. The highest BCUT2D eigenvalue weighted by Gasteiger charge is 2.15. The number of nitrogens with two attached hydrogens (primary N) is 1. The van der Waals surface area contributed by atoms with Crippen LogP contribution in [0.4, 0.5) is 5.69 Å². The Morgan fingerprint density at radius 3 is 2.94 bits per heavy atom. The number of nitrogens with one attached hydrogen (secondary N) is 1. The fourth-order valence-electron chi connectivity index (χ4n) is 1.50. The van der Waals surface area contributed by atoms with Crippen LogP contribution in [-0.4, -0.2) is 15.9 Å². The van der Waals surface area contributed by atoms with Crippen molar-refractivity contribution < 1.29 is 4.79 Å². The van der Waals surface area contributed by atoms with E-state index in [9.17, 15) is 4.79 Å². The monoisotopic (exact) mass is 262 g/mol. The van der Waals surface area contributed by atoms with Crippen LogP contribution in [-0.2, 0) is 0 Å². The summed E-state index contributed by atoms with van der Waals surface area (Å²) < 4.78 is 0. The van der Waals surface area contributed by atoms with Crippen molar-refractivity contribution in [2.75, 3.05) is 5.73 Å². The second kappa shape index (κ2) is 5.14. The maximum Gasteiger partial charge on any atom is 0.255 e. The molecule has 18 heavy (non-hydrogen) atoms. The van der Waals surface area contributed by atoms with Gasteiger partial charge < -0.3 is 11.1 Å². The Bertz CT molecular complexity index is 567. The van der Waals surface area contributed by atoms with Gasteiger partial charge >= 0.3 is 0 Å². The molecule has 0 saturated carbocycles. The van der Waals surface area contributed by atoms with Gasteiger partial charge in [0, 0.05) is 29.2 Å². The maximum absolute atomic E-state index is 12.0. The number of anilines is 1. The maximum atomic E-state index is 12.0. The molecular weight excluding hydrogens is 248 g/mol. The molecule has 0 saturated heterocycles. The number of hydrogen-bond donors (Lipinski definition) is 2. The second-order valence-electron chi connectivity index (χ2n) is 3.99. The Kier molecular flexibility index (Phi) is 3.57. The third-order valence-electron chi connectivity index (χ3n) is 2.45. The first kappa shape index (κ1) is 12.5. The first-order chi connectivity index (χ1) is 8.58. The summed E-state index contributed by atoms with van der Waals surface area (Å²) in [7, 11) is 0. The van der Waals surface area contributed by atoms with Crippen molar-refractivity contribution >= 4 is 22.9 Å². The molecule has 2 heterocycles. The van der Waals surface area contributed by atoms with Gasteiger partial charge in [0.15, 0.2) is 0 Å². The highest BCUT2D eigenvalue weighted by molar-refractivity contribution is 7.09. The number of aryl methyl sites for hydroxylation is 1. The van der Waals surface area contributed by atoms with Crippen molar-refractivity contribution in [3.05, 3.63) is 40.1 Å². The SMILES string of the molecule is Cc1csc(C(C)NC(=O)c2cnccc2N)n1. The van der Waals surface area contributed by atoms with Crippen LogP contribution in [0.2, 0.25) is 0 Å². The molecule has 6 heteroatoms. The smallest absolute Gasteiger partial charge is 0.255 e. The Balaban J connectivity index is 2.10. The van der Waals surface area contributed by atoms with E-state index in [0.29, 0.717) is 11.3 Å². The molecule has 0 aliphatic rings. The van der Waals surface area contributed by atoms with E-state index in [-0.39, 0.29) is 11.9 Å². The normalized spacial score (nSPS) is 12.1. The number of carbonyl (C=O) groups excluding carboxylic acids is 1. The van der Waals surface area contributed by atoms with Gasteiger partial charge in [-0.1, -0.05) is 0 Å². The minimum atomic E-state index is -0.235. The molecule has 5 nitrogen and oxygen atoms in total. The number of nitrogen functional groups attached to an aromatic ring is 1. The van der Waals surface area contributed by atoms with Gasteiger partial charge in [-0.25, -0.2) is 4.98 Å². The number of carbonyl (C=O) groups is 1. The third kappa shape index (κ3) is 2.65. The van der Waals surface area contributed by atoms with Crippen LogP contribution in [0.25, 0.3) is 0 Å². The van der Waals surface area contributed by atoms with Crippen LogP contribution < -0.4 is 11.1 Å². The molecule has 94 valence electrons. The summed E-state index contributed by atoms with van der Waals surface area (Å²) >= 11 is 1.53. The zero-order valence-electron chi connectivity index (χ0n) is 10.2. The van der Waals surface area contributed by atoms with Crippen LogP contribution in [0.3, 0.4) is 0 Å². The van der Waals surface area contributed by atoms with Gasteiger partial charge in [-0.15, -0.1) is 11.3 Å². The average molecular weight is 262 g/mol. The summed E-state index contributed by atoms with van der Waals surface area (Å²) in [6.07, 6.45) is 3.02. The van der Waals surface area contributed by atoms with Gasteiger partial charge in [0.1, 0.15) is 5.01 Å². The average Bonchev–Trinajstić information content (AvgIpc) is 2.76. The van der Waals surface area contributed by atoms with E-state index in [0.717, 1.165) is 10.7 Å². The van der Waals surface area contributed by atoms with Crippen molar-refractivity contribution in [3.8, 4) is 0 Å². The van der Waals surface area contributed by atoms with Crippen molar-refractivity contribution in [1.82, 2.24) is 15.3 Å². The topological polar surface area (TPSA) is 80.9 Å². The summed E-state index contributed by atoms with van der Waals surface area (Å²) in [6, 6.07) is 1.46. The summed E-state index contributed by atoms with van der Waals surface area (Å²) in [4.78, 5) is 20.2. The number of amides is 1. The van der Waals surface area contributed by atoms with E-state index < -0.39 is 0 Å². The number of nitrogens with zero attached hydrogens (tertiary/aromatic N) is 2. The summed E-state index contributed by atoms with van der Waals surface area (Å²) in [5.74, 6) is -0.235. The van der Waals surface area contributed by atoms with Crippen LogP contribution in [0.5, 0.6) is 0 Å². The van der Waals surface area contributed by atoms with Gasteiger partial charge in [-0.05, 0) is 19.9 Å². The van der Waals surface area contributed by atoms with Crippen molar-refractivity contribution in [1.29, 1.82) is 0 Å². The van der Waals surface area contributed by atoms with E-state index in [1.807, 2.05) is 19.2 Å². The minimum absolute atomic E-state index is 0.143.